The van der Waals surface area contributed by atoms with Crippen LogP contribution in [0, 0.1) is 5.82 Å². The second-order valence-electron chi connectivity index (χ2n) is 6.34. The van der Waals surface area contributed by atoms with Crippen molar-refractivity contribution in [1.29, 1.82) is 0 Å². The lowest BCUT2D eigenvalue weighted by Crippen LogP contribution is -2.29. The minimum absolute atomic E-state index is 0.0931. The fourth-order valence-electron chi connectivity index (χ4n) is 3.42. The van der Waals surface area contributed by atoms with Gasteiger partial charge in [0.15, 0.2) is 0 Å². The van der Waals surface area contributed by atoms with Gasteiger partial charge in [0.1, 0.15) is 18.2 Å². The van der Waals surface area contributed by atoms with Gasteiger partial charge in [0.25, 0.3) is 5.91 Å². The van der Waals surface area contributed by atoms with Crippen molar-refractivity contribution in [3.63, 3.8) is 0 Å². The third kappa shape index (κ3) is 3.25. The molecule has 3 aromatic rings. The summed E-state index contributed by atoms with van der Waals surface area (Å²) in [4.78, 5) is 17.5. The van der Waals surface area contributed by atoms with Gasteiger partial charge in [0, 0.05) is 11.1 Å². The number of halogens is 1. The highest BCUT2D eigenvalue weighted by molar-refractivity contribution is 6.07. The van der Waals surface area contributed by atoms with Gasteiger partial charge in [0.05, 0.1) is 17.6 Å². The quantitative estimate of drug-likeness (QED) is 0.714. The first-order valence-electron chi connectivity index (χ1n) is 8.79. The summed E-state index contributed by atoms with van der Waals surface area (Å²) >= 11 is 0. The topological polar surface area (TPSA) is 51.2 Å². The summed E-state index contributed by atoms with van der Waals surface area (Å²) in [7, 11) is 0. The fraction of sp³-hybridized carbons (Fsp3) is 0.238. The number of carbonyl (C=O) groups is 1. The van der Waals surface area contributed by atoms with Crippen LogP contribution in [0.2, 0.25) is 0 Å². The third-order valence-corrected chi connectivity index (χ3v) is 4.62. The Labute approximate surface area is 151 Å². The van der Waals surface area contributed by atoms with Crippen LogP contribution >= 0.6 is 0 Å². The highest BCUT2D eigenvalue weighted by atomic mass is 19.1. The number of fused-ring (bicyclic) bond motifs is 2. The molecule has 0 spiro atoms. The zero-order valence-electron chi connectivity index (χ0n) is 14.3. The van der Waals surface area contributed by atoms with Gasteiger partial charge in [-0.3, -0.25) is 9.78 Å². The average molecular weight is 350 g/mol. The van der Waals surface area contributed by atoms with Gasteiger partial charge in [-0.05, 0) is 55.2 Å². The van der Waals surface area contributed by atoms with Crippen molar-refractivity contribution in [3.8, 4) is 5.75 Å². The Hall–Kier alpha value is -2.95. The molecular weight excluding hydrogens is 331 g/mol. The van der Waals surface area contributed by atoms with Crippen molar-refractivity contribution >= 4 is 16.8 Å². The van der Waals surface area contributed by atoms with Crippen LogP contribution in [0.1, 0.15) is 28.0 Å². The number of aryl methyl sites for hydroxylation is 1. The smallest absolute Gasteiger partial charge is 0.252 e. The summed E-state index contributed by atoms with van der Waals surface area (Å²) in [5.41, 5.74) is 3.71. The van der Waals surface area contributed by atoms with Crippen LogP contribution in [0.3, 0.4) is 0 Å². The van der Waals surface area contributed by atoms with E-state index in [2.05, 4.69) is 5.32 Å². The van der Waals surface area contributed by atoms with Gasteiger partial charge in [-0.2, -0.15) is 0 Å². The molecule has 1 aliphatic carbocycles. The average Bonchev–Trinajstić information content (AvgIpc) is 3.12. The van der Waals surface area contributed by atoms with Crippen LogP contribution in [0.15, 0.2) is 48.5 Å². The van der Waals surface area contributed by atoms with Crippen LogP contribution < -0.4 is 10.1 Å². The molecule has 1 aromatic heterocycles. The number of para-hydroxylation sites is 1. The Balaban J connectivity index is 1.47. The number of aromatic nitrogens is 1. The third-order valence-electron chi connectivity index (χ3n) is 4.62. The molecule has 26 heavy (non-hydrogen) atoms. The maximum Gasteiger partial charge on any atom is 0.252 e. The summed E-state index contributed by atoms with van der Waals surface area (Å²) in [5, 5.41) is 3.83. The molecule has 1 heterocycles. The summed E-state index contributed by atoms with van der Waals surface area (Å²) in [6, 6.07) is 13.6. The van der Waals surface area contributed by atoms with Gasteiger partial charge < -0.3 is 10.1 Å². The summed E-state index contributed by atoms with van der Waals surface area (Å²) in [6.45, 7) is 0.699. The van der Waals surface area contributed by atoms with Gasteiger partial charge >= 0.3 is 0 Å². The number of hydrogen-bond donors (Lipinski definition) is 1. The van der Waals surface area contributed by atoms with E-state index in [9.17, 15) is 9.18 Å². The molecule has 0 fully saturated rings. The molecule has 1 aliphatic rings. The summed E-state index contributed by atoms with van der Waals surface area (Å²) in [6.07, 6.45) is 2.85. The van der Waals surface area contributed by atoms with E-state index in [-0.39, 0.29) is 11.7 Å². The van der Waals surface area contributed by atoms with Gasteiger partial charge in [0.2, 0.25) is 0 Å². The van der Waals surface area contributed by atoms with E-state index in [0.29, 0.717) is 18.9 Å². The standard InChI is InChI=1S/C21H19FN2O2/c22-14-8-10-15(11-9-14)26-13-12-23-21(25)20-16-4-1-2-6-18(16)24-19-7-3-5-17(19)20/h1-2,4,6,8-11H,3,5,7,12-13H2,(H,23,25). The van der Waals surface area contributed by atoms with E-state index in [1.54, 1.807) is 12.1 Å². The van der Waals surface area contributed by atoms with Crippen molar-refractivity contribution < 1.29 is 13.9 Å². The molecule has 0 bridgehead atoms. The van der Waals surface area contributed by atoms with Crippen molar-refractivity contribution in [2.45, 2.75) is 19.3 Å². The molecule has 4 rings (SSSR count). The molecular formula is C21H19FN2O2. The summed E-state index contributed by atoms with van der Waals surface area (Å²) < 4.78 is 18.4. The number of benzene rings is 2. The largest absolute Gasteiger partial charge is 0.492 e. The second-order valence-corrected chi connectivity index (χ2v) is 6.34. The zero-order chi connectivity index (χ0) is 17.9. The van der Waals surface area contributed by atoms with Crippen LogP contribution in [0.25, 0.3) is 10.9 Å². The lowest BCUT2D eigenvalue weighted by Gasteiger charge is -2.13. The molecule has 0 atom stereocenters. The van der Waals surface area contributed by atoms with Crippen molar-refractivity contribution in [1.82, 2.24) is 10.3 Å². The van der Waals surface area contributed by atoms with Crippen LogP contribution in [0.4, 0.5) is 4.39 Å². The van der Waals surface area contributed by atoms with E-state index < -0.39 is 0 Å². The van der Waals surface area contributed by atoms with Crippen molar-refractivity contribution in [2.24, 2.45) is 0 Å². The number of rotatable bonds is 5. The molecule has 1 amide bonds. The van der Waals surface area contributed by atoms with Gasteiger partial charge in [-0.25, -0.2) is 4.39 Å². The molecule has 0 unspecified atom stereocenters. The normalized spacial score (nSPS) is 12.8. The molecule has 2 aromatic carbocycles. The second kappa shape index (κ2) is 7.12. The lowest BCUT2D eigenvalue weighted by molar-refractivity contribution is 0.0947. The number of nitrogens with zero attached hydrogens (tertiary/aromatic N) is 1. The van der Waals surface area contributed by atoms with Crippen molar-refractivity contribution in [3.05, 3.63) is 71.2 Å². The van der Waals surface area contributed by atoms with Gasteiger partial charge in [-0.15, -0.1) is 0 Å². The number of carbonyl (C=O) groups excluding carboxylic acids is 1. The SMILES string of the molecule is O=C(NCCOc1ccc(F)cc1)c1c2c(nc3ccccc13)CCC2. The molecule has 0 saturated carbocycles. The predicted octanol–water partition coefficient (Wildman–Crippen LogP) is 3.67. The number of nitrogens with one attached hydrogen (secondary N) is 1. The van der Waals surface area contributed by atoms with E-state index in [0.717, 1.165) is 47.0 Å². The first kappa shape index (κ1) is 16.5. The van der Waals surface area contributed by atoms with E-state index >= 15 is 0 Å². The van der Waals surface area contributed by atoms with Crippen LogP contribution in [-0.2, 0) is 12.8 Å². The number of amides is 1. The zero-order valence-corrected chi connectivity index (χ0v) is 14.3. The Kier molecular flexibility index (Phi) is 4.52. The van der Waals surface area contributed by atoms with E-state index in [1.165, 1.54) is 12.1 Å². The Morgan fingerprint density at radius 2 is 1.92 bits per heavy atom. The Bertz CT molecular complexity index is 954. The maximum absolute atomic E-state index is 12.9. The highest BCUT2D eigenvalue weighted by Crippen LogP contribution is 2.29. The number of hydrogen-bond acceptors (Lipinski definition) is 3. The van der Waals surface area contributed by atoms with Gasteiger partial charge in [-0.1, -0.05) is 18.2 Å². The molecule has 0 saturated heterocycles. The van der Waals surface area contributed by atoms with E-state index in [4.69, 9.17) is 9.72 Å². The maximum atomic E-state index is 12.9. The fourth-order valence-corrected chi connectivity index (χ4v) is 3.42. The minimum atomic E-state index is -0.302. The Morgan fingerprint density at radius 1 is 1.12 bits per heavy atom. The molecule has 132 valence electrons. The highest BCUT2D eigenvalue weighted by Gasteiger charge is 2.23. The summed E-state index contributed by atoms with van der Waals surface area (Å²) in [5.74, 6) is 0.185. The van der Waals surface area contributed by atoms with E-state index in [1.807, 2.05) is 24.3 Å². The Morgan fingerprint density at radius 3 is 2.77 bits per heavy atom. The van der Waals surface area contributed by atoms with Crippen LogP contribution in [-0.4, -0.2) is 24.0 Å². The monoisotopic (exact) mass is 350 g/mol. The lowest BCUT2D eigenvalue weighted by atomic mass is 10.0. The number of pyridine rings is 1. The molecule has 0 aliphatic heterocycles. The molecule has 4 nitrogen and oxygen atoms in total. The minimum Gasteiger partial charge on any atom is -0.492 e. The van der Waals surface area contributed by atoms with Crippen LogP contribution in [0.5, 0.6) is 5.75 Å². The molecule has 0 radical (unpaired) electrons. The first-order valence-corrected chi connectivity index (χ1v) is 8.79. The van der Waals surface area contributed by atoms with Crippen molar-refractivity contribution in [2.75, 3.05) is 13.2 Å². The number of ether oxygens (including phenoxy) is 1. The molecule has 5 heteroatoms. The first-order chi connectivity index (χ1) is 12.7. The predicted molar refractivity (Wildman–Crippen MR) is 98.0 cm³/mol. The molecule has 1 N–H and O–H groups in total.